The van der Waals surface area contributed by atoms with E-state index in [9.17, 15) is 24.8 Å². The summed E-state index contributed by atoms with van der Waals surface area (Å²) in [5.41, 5.74) is 0.927. The lowest BCUT2D eigenvalue weighted by molar-refractivity contribution is -0.385. The number of carboxylic acids is 1. The standard InChI is InChI=1S/C20H23N3O5/c1-11-16(19(24)22-13-7-3-4-8-13)18(17(20(25)26)12(2)21-11)14-9-5-6-10-15(14)23(27)28/h5-6,9-10,13,17-18H,3-4,7-8H2,1-2H3,(H,22,24)(H,25,26). The van der Waals surface area contributed by atoms with Crippen LogP contribution in [0.15, 0.2) is 40.5 Å². The van der Waals surface area contributed by atoms with Crippen LogP contribution >= 0.6 is 0 Å². The summed E-state index contributed by atoms with van der Waals surface area (Å²) in [5.74, 6) is -3.68. The molecule has 2 aliphatic rings. The minimum atomic E-state index is -1.16. The number of nitrogens with zero attached hydrogens (tertiary/aromatic N) is 2. The fourth-order valence-corrected chi connectivity index (χ4v) is 4.24. The smallest absolute Gasteiger partial charge is 0.313 e. The number of carboxylic acid groups (broad SMARTS) is 1. The molecular weight excluding hydrogens is 362 g/mol. The number of benzene rings is 1. The van der Waals surface area contributed by atoms with E-state index in [1.165, 1.54) is 18.2 Å². The molecule has 1 aliphatic heterocycles. The number of aliphatic carboxylic acids is 1. The molecule has 28 heavy (non-hydrogen) atoms. The van der Waals surface area contributed by atoms with Crippen LogP contribution in [0.25, 0.3) is 0 Å². The first-order valence-corrected chi connectivity index (χ1v) is 9.34. The number of hydrogen-bond donors (Lipinski definition) is 2. The predicted molar refractivity (Wildman–Crippen MR) is 103 cm³/mol. The van der Waals surface area contributed by atoms with Gasteiger partial charge in [-0.15, -0.1) is 0 Å². The van der Waals surface area contributed by atoms with E-state index in [0.29, 0.717) is 11.4 Å². The van der Waals surface area contributed by atoms with E-state index in [2.05, 4.69) is 10.3 Å². The molecule has 0 saturated heterocycles. The topological polar surface area (TPSA) is 122 Å². The molecule has 0 aromatic heterocycles. The lowest BCUT2D eigenvalue weighted by Crippen LogP contribution is -2.41. The van der Waals surface area contributed by atoms with Crippen molar-refractivity contribution < 1.29 is 19.6 Å². The van der Waals surface area contributed by atoms with Crippen molar-refractivity contribution in [1.29, 1.82) is 0 Å². The van der Waals surface area contributed by atoms with Crippen LogP contribution in [-0.4, -0.2) is 33.7 Å². The van der Waals surface area contributed by atoms with Crippen LogP contribution in [0.1, 0.15) is 51.0 Å². The van der Waals surface area contributed by atoms with Gasteiger partial charge in [0, 0.05) is 40.6 Å². The molecule has 1 saturated carbocycles. The van der Waals surface area contributed by atoms with Crippen molar-refractivity contribution in [2.75, 3.05) is 0 Å². The second kappa shape index (κ2) is 7.92. The summed E-state index contributed by atoms with van der Waals surface area (Å²) < 4.78 is 0. The van der Waals surface area contributed by atoms with Gasteiger partial charge in [-0.05, 0) is 26.7 Å². The lowest BCUT2D eigenvalue weighted by atomic mass is 9.74. The molecule has 1 amide bonds. The van der Waals surface area contributed by atoms with Crippen molar-refractivity contribution in [3.8, 4) is 0 Å². The highest BCUT2D eigenvalue weighted by molar-refractivity contribution is 6.07. The average molecular weight is 385 g/mol. The minimum absolute atomic E-state index is 0.0366. The Morgan fingerprint density at radius 1 is 1.21 bits per heavy atom. The number of allylic oxidation sites excluding steroid dienone is 1. The number of carbonyl (C=O) groups excluding carboxylic acids is 1. The maximum absolute atomic E-state index is 13.1. The molecule has 3 rings (SSSR count). The highest BCUT2D eigenvalue weighted by Crippen LogP contribution is 2.42. The summed E-state index contributed by atoms with van der Waals surface area (Å²) >= 11 is 0. The van der Waals surface area contributed by atoms with Crippen LogP contribution in [0, 0.1) is 16.0 Å². The molecule has 2 N–H and O–H groups in total. The molecule has 8 heteroatoms. The van der Waals surface area contributed by atoms with Gasteiger partial charge >= 0.3 is 5.97 Å². The van der Waals surface area contributed by atoms with Crippen molar-refractivity contribution >= 4 is 23.3 Å². The molecule has 2 atom stereocenters. The second-order valence-corrected chi connectivity index (χ2v) is 7.32. The number of para-hydroxylation sites is 1. The molecule has 2 unspecified atom stereocenters. The molecule has 0 radical (unpaired) electrons. The van der Waals surface area contributed by atoms with Crippen LogP contribution in [-0.2, 0) is 9.59 Å². The fourth-order valence-electron chi connectivity index (χ4n) is 4.24. The molecular formula is C20H23N3O5. The molecule has 148 valence electrons. The molecule has 1 aliphatic carbocycles. The summed E-state index contributed by atoms with van der Waals surface area (Å²) in [6.07, 6.45) is 3.81. The normalized spacial score (nSPS) is 22.7. The Labute approximate surface area is 162 Å². The third-order valence-electron chi connectivity index (χ3n) is 5.50. The molecule has 8 nitrogen and oxygen atoms in total. The fraction of sp³-hybridized carbons (Fsp3) is 0.450. The SMILES string of the molecule is CC1=NC(C)=C(C(=O)NC2CCCC2)C(c2ccccc2[N+](=O)[O-])C1C(=O)O. The maximum Gasteiger partial charge on any atom is 0.313 e. The van der Waals surface area contributed by atoms with Gasteiger partial charge in [-0.1, -0.05) is 31.0 Å². The number of carbonyl (C=O) groups is 2. The Morgan fingerprint density at radius 3 is 2.46 bits per heavy atom. The first-order chi connectivity index (χ1) is 13.3. The van der Waals surface area contributed by atoms with Crippen molar-refractivity contribution in [1.82, 2.24) is 5.32 Å². The summed E-state index contributed by atoms with van der Waals surface area (Å²) in [5, 5.41) is 24.4. The molecule has 0 bridgehead atoms. The van der Waals surface area contributed by atoms with Crippen molar-refractivity contribution in [3.63, 3.8) is 0 Å². The van der Waals surface area contributed by atoms with Gasteiger partial charge in [0.1, 0.15) is 5.92 Å². The highest BCUT2D eigenvalue weighted by Gasteiger charge is 2.43. The van der Waals surface area contributed by atoms with Crippen molar-refractivity contribution in [3.05, 3.63) is 51.2 Å². The molecule has 1 aromatic rings. The number of hydrogen-bond acceptors (Lipinski definition) is 5. The number of amides is 1. The van der Waals surface area contributed by atoms with Gasteiger partial charge in [0.15, 0.2) is 0 Å². The zero-order chi connectivity index (χ0) is 20.4. The van der Waals surface area contributed by atoms with E-state index in [1.54, 1.807) is 19.9 Å². The third-order valence-corrected chi connectivity index (χ3v) is 5.50. The number of rotatable bonds is 5. The molecule has 1 fully saturated rings. The van der Waals surface area contributed by atoms with Crippen molar-refractivity contribution in [2.45, 2.75) is 51.5 Å². The number of nitro benzene ring substituents is 1. The van der Waals surface area contributed by atoms with Gasteiger partial charge in [0.05, 0.1) is 4.92 Å². The second-order valence-electron chi connectivity index (χ2n) is 7.32. The first-order valence-electron chi connectivity index (χ1n) is 9.34. The maximum atomic E-state index is 13.1. The van der Waals surface area contributed by atoms with Crippen LogP contribution in [0.2, 0.25) is 0 Å². The van der Waals surface area contributed by atoms with Crippen LogP contribution in [0.5, 0.6) is 0 Å². The van der Waals surface area contributed by atoms with Crippen molar-refractivity contribution in [2.24, 2.45) is 10.9 Å². The molecule has 1 aromatic carbocycles. The van der Waals surface area contributed by atoms with Crippen LogP contribution in [0.3, 0.4) is 0 Å². The van der Waals surface area contributed by atoms with Gasteiger partial charge in [-0.25, -0.2) is 0 Å². The Kier molecular flexibility index (Phi) is 5.58. The van der Waals surface area contributed by atoms with Gasteiger partial charge in [-0.2, -0.15) is 0 Å². The quantitative estimate of drug-likeness (QED) is 0.595. The van der Waals surface area contributed by atoms with E-state index >= 15 is 0 Å². The average Bonchev–Trinajstić information content (AvgIpc) is 3.13. The Bertz CT molecular complexity index is 884. The molecule has 0 spiro atoms. The summed E-state index contributed by atoms with van der Waals surface area (Å²) in [6.45, 7) is 3.22. The lowest BCUT2D eigenvalue weighted by Gasteiger charge is -2.31. The van der Waals surface area contributed by atoms with E-state index in [-0.39, 0.29) is 22.9 Å². The van der Waals surface area contributed by atoms with Gasteiger partial charge < -0.3 is 10.4 Å². The van der Waals surface area contributed by atoms with Gasteiger partial charge in [-0.3, -0.25) is 24.7 Å². The summed E-state index contributed by atoms with van der Waals surface area (Å²) in [7, 11) is 0. The Balaban J connectivity index is 2.13. The van der Waals surface area contributed by atoms with E-state index in [4.69, 9.17) is 0 Å². The number of nitrogens with one attached hydrogen (secondary N) is 1. The summed E-state index contributed by atoms with van der Waals surface area (Å²) in [4.78, 5) is 40.5. The zero-order valence-electron chi connectivity index (χ0n) is 15.8. The van der Waals surface area contributed by atoms with E-state index in [0.717, 1.165) is 25.7 Å². The Hall–Kier alpha value is -3.03. The number of nitro groups is 1. The largest absolute Gasteiger partial charge is 0.481 e. The monoisotopic (exact) mass is 385 g/mol. The van der Waals surface area contributed by atoms with Gasteiger partial charge in [0.2, 0.25) is 5.91 Å². The molecule has 1 heterocycles. The number of aliphatic imine (C=N–C) groups is 1. The minimum Gasteiger partial charge on any atom is -0.481 e. The highest BCUT2D eigenvalue weighted by atomic mass is 16.6. The predicted octanol–water partition coefficient (Wildman–Crippen LogP) is 3.19. The van der Waals surface area contributed by atoms with E-state index in [1.807, 2.05) is 0 Å². The van der Waals surface area contributed by atoms with E-state index < -0.39 is 28.6 Å². The Morgan fingerprint density at radius 2 is 1.86 bits per heavy atom. The van der Waals surface area contributed by atoms with Crippen LogP contribution < -0.4 is 5.32 Å². The van der Waals surface area contributed by atoms with Gasteiger partial charge in [0.25, 0.3) is 5.69 Å². The summed E-state index contributed by atoms with van der Waals surface area (Å²) in [6, 6.07) is 6.03. The van der Waals surface area contributed by atoms with Crippen LogP contribution in [0.4, 0.5) is 5.69 Å². The third kappa shape index (κ3) is 3.67. The zero-order valence-corrected chi connectivity index (χ0v) is 15.8. The first kappa shape index (κ1) is 19.7.